The topological polar surface area (TPSA) is 65.1 Å². The summed E-state index contributed by atoms with van der Waals surface area (Å²) in [7, 11) is 1.89. The van der Waals surface area contributed by atoms with Crippen molar-refractivity contribution in [1.29, 1.82) is 0 Å². The van der Waals surface area contributed by atoms with E-state index in [9.17, 15) is 9.90 Å². The number of pyridine rings is 1. The smallest absolute Gasteiger partial charge is 0.266 e. The molecule has 0 radical (unpaired) electrons. The van der Waals surface area contributed by atoms with Gasteiger partial charge in [0.1, 0.15) is 16.3 Å². The summed E-state index contributed by atoms with van der Waals surface area (Å²) in [6, 6.07) is 8.66. The van der Waals surface area contributed by atoms with Gasteiger partial charge in [-0.3, -0.25) is 4.79 Å². The zero-order valence-corrected chi connectivity index (χ0v) is 18.3. The van der Waals surface area contributed by atoms with Crippen LogP contribution in [0.4, 0.5) is 4.39 Å². The fourth-order valence-electron chi connectivity index (χ4n) is 4.23. The average Bonchev–Trinajstić information content (AvgIpc) is 3.19. The third-order valence-electron chi connectivity index (χ3n) is 6.04. The van der Waals surface area contributed by atoms with Gasteiger partial charge >= 0.3 is 0 Å². The minimum absolute atomic E-state index is 0.0507. The number of H-pyrrole nitrogens is 1. The van der Waals surface area contributed by atoms with Crippen molar-refractivity contribution in [3.8, 4) is 16.9 Å². The minimum atomic E-state index is -0.290. The molecule has 30 heavy (non-hydrogen) atoms. The van der Waals surface area contributed by atoms with Gasteiger partial charge in [0.2, 0.25) is 0 Å². The van der Waals surface area contributed by atoms with Crippen LogP contribution >= 0.6 is 11.3 Å². The molecule has 2 heterocycles. The lowest BCUT2D eigenvalue weighted by atomic mass is 9.87. The number of phenols is 1. The molecule has 6 heteroatoms. The summed E-state index contributed by atoms with van der Waals surface area (Å²) in [5, 5.41) is 17.3. The third kappa shape index (κ3) is 3.30. The zero-order chi connectivity index (χ0) is 21.6. The van der Waals surface area contributed by atoms with Gasteiger partial charge in [0.05, 0.1) is 5.52 Å². The average molecular weight is 425 g/mol. The quantitative estimate of drug-likeness (QED) is 0.395. The van der Waals surface area contributed by atoms with Crippen molar-refractivity contribution in [3.05, 3.63) is 63.0 Å². The highest BCUT2D eigenvalue weighted by atomic mass is 32.1. The molecular weight excluding hydrogens is 399 g/mol. The Bertz CT molecular complexity index is 1310. The first-order valence-electron chi connectivity index (χ1n) is 10.0. The molecule has 2 atom stereocenters. The molecule has 2 unspecified atom stereocenters. The molecule has 0 bridgehead atoms. The normalized spacial score (nSPS) is 13.8. The van der Waals surface area contributed by atoms with Crippen LogP contribution in [-0.2, 0) is 0 Å². The lowest BCUT2D eigenvalue weighted by Gasteiger charge is -2.21. The maximum Gasteiger partial charge on any atom is 0.266 e. The van der Waals surface area contributed by atoms with Crippen LogP contribution in [0.15, 0.2) is 40.5 Å². The van der Waals surface area contributed by atoms with Crippen molar-refractivity contribution >= 4 is 32.3 Å². The molecule has 4 nitrogen and oxygen atoms in total. The Morgan fingerprint density at radius 3 is 2.70 bits per heavy atom. The lowest BCUT2D eigenvalue weighted by molar-refractivity contribution is 0.449. The second-order valence-electron chi connectivity index (χ2n) is 8.02. The first-order chi connectivity index (χ1) is 14.3. The van der Waals surface area contributed by atoms with E-state index in [1.54, 1.807) is 6.07 Å². The summed E-state index contributed by atoms with van der Waals surface area (Å²) in [4.78, 5) is 15.4. The number of fused-ring (bicyclic) bond motifs is 3. The van der Waals surface area contributed by atoms with Gasteiger partial charge in [-0.25, -0.2) is 4.39 Å². The third-order valence-corrected chi connectivity index (χ3v) is 6.96. The Hall–Kier alpha value is -2.70. The molecule has 156 valence electrons. The Morgan fingerprint density at radius 2 is 2.00 bits per heavy atom. The summed E-state index contributed by atoms with van der Waals surface area (Å²) in [5.41, 5.74) is 3.07. The molecule has 3 N–H and O–H groups in total. The largest absolute Gasteiger partial charge is 0.507 e. The van der Waals surface area contributed by atoms with Gasteiger partial charge < -0.3 is 15.4 Å². The van der Waals surface area contributed by atoms with Gasteiger partial charge in [-0.1, -0.05) is 26.0 Å². The van der Waals surface area contributed by atoms with Crippen LogP contribution in [0.25, 0.3) is 32.1 Å². The monoisotopic (exact) mass is 424 g/mol. The maximum atomic E-state index is 15.2. The van der Waals surface area contributed by atoms with Crippen molar-refractivity contribution in [2.24, 2.45) is 5.92 Å². The van der Waals surface area contributed by atoms with Crippen LogP contribution in [0.5, 0.6) is 5.75 Å². The van der Waals surface area contributed by atoms with E-state index in [0.29, 0.717) is 26.9 Å². The second-order valence-corrected chi connectivity index (χ2v) is 8.93. The molecule has 0 aliphatic heterocycles. The molecule has 0 saturated carbocycles. The molecule has 4 aromatic rings. The van der Waals surface area contributed by atoms with Crippen molar-refractivity contribution in [2.45, 2.75) is 26.7 Å². The van der Waals surface area contributed by atoms with Gasteiger partial charge in [0.25, 0.3) is 5.56 Å². The van der Waals surface area contributed by atoms with Gasteiger partial charge in [-0.15, -0.1) is 11.3 Å². The predicted octanol–water partition coefficient (Wildman–Crippen LogP) is 5.52. The number of benzene rings is 2. The number of nitrogens with one attached hydrogen (secondary N) is 2. The van der Waals surface area contributed by atoms with E-state index in [0.717, 1.165) is 22.9 Å². The predicted molar refractivity (Wildman–Crippen MR) is 123 cm³/mol. The van der Waals surface area contributed by atoms with E-state index in [4.69, 9.17) is 0 Å². The van der Waals surface area contributed by atoms with Gasteiger partial charge in [-0.2, -0.15) is 0 Å². The number of hydrogen-bond acceptors (Lipinski definition) is 4. The molecule has 2 aromatic heterocycles. The number of aromatic nitrogens is 1. The van der Waals surface area contributed by atoms with E-state index in [1.165, 1.54) is 17.4 Å². The number of aryl methyl sites for hydroxylation is 1. The van der Waals surface area contributed by atoms with Crippen LogP contribution in [-0.4, -0.2) is 23.7 Å². The molecule has 0 aliphatic carbocycles. The molecular formula is C24H25FN2O2S. The molecule has 0 amide bonds. The number of thiophene rings is 1. The van der Waals surface area contributed by atoms with E-state index in [1.807, 2.05) is 44.5 Å². The number of aromatic amines is 1. The molecule has 4 rings (SSSR count). The van der Waals surface area contributed by atoms with Crippen molar-refractivity contribution < 1.29 is 9.50 Å². The van der Waals surface area contributed by atoms with E-state index in [2.05, 4.69) is 17.2 Å². The standard InChI is InChI=1S/C24H25FN2O2S/c1-12-9-19(28)20(21-17-7-8-30-23(17)24(29)27-22(12)21)15-5-6-16(18(25)10-15)14(3)13(2)11-26-4/h5-10,13-14,26,28H,11H2,1-4H3,(H,27,29). The Balaban J connectivity index is 1.95. The zero-order valence-electron chi connectivity index (χ0n) is 17.5. The fourth-order valence-corrected chi connectivity index (χ4v) is 5.03. The summed E-state index contributed by atoms with van der Waals surface area (Å²) < 4.78 is 15.8. The van der Waals surface area contributed by atoms with Crippen molar-refractivity contribution in [2.75, 3.05) is 13.6 Å². The number of rotatable bonds is 5. The summed E-state index contributed by atoms with van der Waals surface area (Å²) >= 11 is 1.36. The van der Waals surface area contributed by atoms with Gasteiger partial charge in [-0.05, 0) is 72.6 Å². The highest BCUT2D eigenvalue weighted by Gasteiger charge is 2.21. The van der Waals surface area contributed by atoms with Crippen LogP contribution in [0.2, 0.25) is 0 Å². The first kappa shape index (κ1) is 20.6. The van der Waals surface area contributed by atoms with Gasteiger partial charge in [0.15, 0.2) is 0 Å². The highest BCUT2D eigenvalue weighted by Crippen LogP contribution is 2.42. The van der Waals surface area contributed by atoms with E-state index >= 15 is 4.39 Å². The van der Waals surface area contributed by atoms with Crippen LogP contribution in [0.3, 0.4) is 0 Å². The Morgan fingerprint density at radius 1 is 1.23 bits per heavy atom. The van der Waals surface area contributed by atoms with Crippen molar-refractivity contribution in [1.82, 2.24) is 10.3 Å². The number of phenolic OH excluding ortho intramolecular Hbond substituents is 1. The summed E-state index contributed by atoms with van der Waals surface area (Å²) in [6.45, 7) is 6.76. The Kier molecular flexibility index (Phi) is 5.38. The second kappa shape index (κ2) is 7.85. The van der Waals surface area contributed by atoms with E-state index < -0.39 is 0 Å². The molecule has 2 aromatic carbocycles. The fraction of sp³-hybridized carbons (Fsp3) is 0.292. The SMILES string of the molecule is CNCC(C)C(C)c1ccc(-c2c(O)cc(C)c3[nH]c(=O)c4sccc4c23)cc1F. The molecule has 0 fully saturated rings. The van der Waals surface area contributed by atoms with Crippen LogP contribution in [0.1, 0.15) is 30.9 Å². The summed E-state index contributed by atoms with van der Waals surface area (Å²) in [6.07, 6.45) is 0. The lowest BCUT2D eigenvalue weighted by Crippen LogP contribution is -2.21. The van der Waals surface area contributed by atoms with Crippen LogP contribution in [0, 0.1) is 18.7 Å². The Labute approximate surface area is 178 Å². The summed E-state index contributed by atoms with van der Waals surface area (Å²) in [5.74, 6) is 0.111. The number of hydrogen-bond donors (Lipinski definition) is 3. The number of aromatic hydroxyl groups is 1. The highest BCUT2D eigenvalue weighted by molar-refractivity contribution is 7.17. The van der Waals surface area contributed by atoms with E-state index in [-0.39, 0.29) is 29.0 Å². The molecule has 0 aliphatic rings. The maximum absolute atomic E-state index is 15.2. The van der Waals surface area contributed by atoms with Crippen LogP contribution < -0.4 is 10.9 Å². The number of halogens is 1. The first-order valence-corrected chi connectivity index (χ1v) is 10.9. The molecule has 0 spiro atoms. The van der Waals surface area contributed by atoms with Crippen molar-refractivity contribution in [3.63, 3.8) is 0 Å². The van der Waals surface area contributed by atoms with Gasteiger partial charge in [0, 0.05) is 16.3 Å². The minimum Gasteiger partial charge on any atom is -0.507 e. The molecule has 0 saturated heterocycles.